The number of nitrogens with one attached hydrogen (secondary N) is 2. The summed E-state index contributed by atoms with van der Waals surface area (Å²) in [6.07, 6.45) is 0.732. The Bertz CT molecular complexity index is 809. The summed E-state index contributed by atoms with van der Waals surface area (Å²) in [6, 6.07) is 6.76. The van der Waals surface area contributed by atoms with E-state index in [0.717, 1.165) is 22.6 Å². The molecule has 0 unspecified atom stereocenters. The number of thiophene rings is 1. The average molecular weight is 402 g/mol. The van der Waals surface area contributed by atoms with E-state index < -0.39 is 16.1 Å². The molecule has 0 aliphatic rings. The molecule has 118 valence electrons. The number of carbonyl (C=O) groups is 1. The van der Waals surface area contributed by atoms with Crippen LogP contribution in [0.4, 0.5) is 10.5 Å². The molecule has 0 aliphatic carbocycles. The predicted octanol–water partition coefficient (Wildman–Crippen LogP) is 1.13. The molecule has 0 bridgehead atoms. The summed E-state index contributed by atoms with van der Waals surface area (Å²) in [7, 11) is -3.89. The van der Waals surface area contributed by atoms with Crippen molar-refractivity contribution in [2.75, 3.05) is 5.32 Å². The molecule has 0 fully saturated rings. The maximum atomic E-state index is 12.1. The Morgan fingerprint density at radius 1 is 1.17 bits per heavy atom. The van der Waals surface area contributed by atoms with E-state index in [1.54, 1.807) is 6.07 Å². The molecular weight excluding hydrogens is 390 g/mol. The summed E-state index contributed by atoms with van der Waals surface area (Å²) >= 11 is 12.7. The molecule has 2 N–H and O–H groups in total. The van der Waals surface area contributed by atoms with Gasteiger partial charge in [-0.05, 0) is 36.8 Å². The monoisotopic (exact) mass is 401 g/mol. The van der Waals surface area contributed by atoms with Gasteiger partial charge in [0.2, 0.25) is 0 Å². The molecule has 2 amide bonds. The maximum Gasteiger partial charge on any atom is 1.00 e. The number of anilines is 1. The zero-order valence-corrected chi connectivity index (χ0v) is 17.5. The number of sulfonamides is 1. The van der Waals surface area contributed by atoms with E-state index >= 15 is 0 Å². The summed E-state index contributed by atoms with van der Waals surface area (Å²) in [5.74, 6) is 0. The summed E-state index contributed by atoms with van der Waals surface area (Å²) in [4.78, 5) is 12.7. The van der Waals surface area contributed by atoms with Crippen molar-refractivity contribution in [2.24, 2.45) is 0 Å². The van der Waals surface area contributed by atoms with Gasteiger partial charge in [0.15, 0.2) is 0 Å². The number of urea groups is 1. The first-order valence-corrected chi connectivity index (χ1v) is 9.25. The van der Waals surface area contributed by atoms with Crippen LogP contribution in [0.1, 0.15) is 11.8 Å². The van der Waals surface area contributed by atoms with Gasteiger partial charge in [-0.15, -0.1) is 11.3 Å². The van der Waals surface area contributed by atoms with E-state index in [1.165, 1.54) is 24.3 Å². The second-order valence-corrected chi connectivity index (χ2v) is 8.15. The van der Waals surface area contributed by atoms with Crippen molar-refractivity contribution >= 4 is 56.3 Å². The number of carbonyl (C=O) groups excluding carboxylic acids is 1. The van der Waals surface area contributed by atoms with Crippen LogP contribution >= 0.6 is 34.5 Å². The van der Waals surface area contributed by atoms with Crippen molar-refractivity contribution in [1.82, 2.24) is 4.72 Å². The van der Waals surface area contributed by atoms with Crippen LogP contribution in [0.5, 0.6) is 0 Å². The fourth-order valence-corrected chi connectivity index (χ4v) is 4.10. The Labute approximate surface area is 170 Å². The SMILES string of the molecule is CCc1ccc(S(=O)(=O)NC(=O)Nc2ccc(Cl)c(Cl)c2)s1.[Na+]. The Hall–Kier alpha value is -0.280. The molecule has 0 atom stereocenters. The standard InChI is InChI=1S/C13H12Cl2N2O3S2.Na/c1-2-9-4-6-12(21-9)22(19,20)17-13(18)16-8-3-5-10(14)11(15)7-8;/h3-7H,2H2,1H3,(H2,16,17,18);/q;+1. The Morgan fingerprint density at radius 3 is 2.43 bits per heavy atom. The van der Waals surface area contributed by atoms with Gasteiger partial charge >= 0.3 is 35.6 Å². The van der Waals surface area contributed by atoms with E-state index in [2.05, 4.69) is 5.32 Å². The molecule has 0 saturated carbocycles. The number of hydrogen-bond donors (Lipinski definition) is 2. The second kappa shape index (κ2) is 8.71. The minimum absolute atomic E-state index is 0. The largest absolute Gasteiger partial charge is 1.00 e. The van der Waals surface area contributed by atoms with Crippen molar-refractivity contribution in [3.05, 3.63) is 45.3 Å². The summed E-state index contributed by atoms with van der Waals surface area (Å²) < 4.78 is 26.2. The molecule has 0 spiro atoms. The van der Waals surface area contributed by atoms with E-state index in [4.69, 9.17) is 23.2 Å². The average Bonchev–Trinajstić information content (AvgIpc) is 2.92. The molecule has 0 radical (unpaired) electrons. The molecule has 10 heteroatoms. The molecular formula is C13H12Cl2N2NaO3S2+. The smallest absolute Gasteiger partial charge is 0.307 e. The van der Waals surface area contributed by atoms with Crippen LogP contribution in [0.2, 0.25) is 10.0 Å². The van der Waals surface area contributed by atoms with Crippen molar-refractivity contribution in [3.8, 4) is 0 Å². The van der Waals surface area contributed by atoms with Crippen molar-refractivity contribution < 1.29 is 42.8 Å². The first-order valence-electron chi connectivity index (χ1n) is 6.19. The molecule has 1 aromatic carbocycles. The van der Waals surface area contributed by atoms with Gasteiger partial charge in [0.05, 0.1) is 10.0 Å². The molecule has 2 rings (SSSR count). The van der Waals surface area contributed by atoms with E-state index in [0.29, 0.717) is 10.7 Å². The third kappa shape index (κ3) is 5.63. The molecule has 1 heterocycles. The van der Waals surface area contributed by atoms with Crippen LogP contribution in [0.25, 0.3) is 0 Å². The van der Waals surface area contributed by atoms with Gasteiger partial charge in [-0.25, -0.2) is 17.9 Å². The van der Waals surface area contributed by atoms with Gasteiger partial charge in [-0.2, -0.15) is 0 Å². The Balaban J connectivity index is 0.00000264. The fraction of sp³-hybridized carbons (Fsp3) is 0.154. The molecule has 1 aromatic heterocycles. The van der Waals surface area contributed by atoms with Gasteiger partial charge in [0, 0.05) is 10.6 Å². The van der Waals surface area contributed by atoms with Crippen LogP contribution in [-0.2, 0) is 16.4 Å². The van der Waals surface area contributed by atoms with Crippen LogP contribution in [0.3, 0.4) is 0 Å². The van der Waals surface area contributed by atoms with Gasteiger partial charge in [-0.3, -0.25) is 0 Å². The third-order valence-corrected chi connectivity index (χ3v) is 6.45. The van der Waals surface area contributed by atoms with Crippen LogP contribution in [0.15, 0.2) is 34.5 Å². The molecule has 0 aliphatic heterocycles. The molecule has 0 saturated heterocycles. The minimum atomic E-state index is -3.89. The molecule has 2 aromatic rings. The number of rotatable bonds is 4. The van der Waals surface area contributed by atoms with Crippen LogP contribution in [0, 0.1) is 0 Å². The first-order chi connectivity index (χ1) is 10.3. The molecule has 23 heavy (non-hydrogen) atoms. The Morgan fingerprint density at radius 2 is 1.87 bits per heavy atom. The summed E-state index contributed by atoms with van der Waals surface area (Å²) in [5, 5.41) is 2.99. The quantitative estimate of drug-likeness (QED) is 0.754. The van der Waals surface area contributed by atoms with Gasteiger partial charge < -0.3 is 5.32 Å². The van der Waals surface area contributed by atoms with E-state index in [-0.39, 0.29) is 38.8 Å². The molecule has 5 nitrogen and oxygen atoms in total. The summed E-state index contributed by atoms with van der Waals surface area (Å²) in [6.45, 7) is 1.92. The first kappa shape index (κ1) is 20.8. The van der Waals surface area contributed by atoms with Gasteiger partial charge in [0.25, 0.3) is 10.0 Å². The third-order valence-electron chi connectivity index (χ3n) is 2.65. The maximum absolute atomic E-state index is 12.1. The summed E-state index contributed by atoms with van der Waals surface area (Å²) in [5.41, 5.74) is 0.336. The Kier molecular flexibility index (Phi) is 7.86. The van der Waals surface area contributed by atoms with Crippen molar-refractivity contribution in [3.63, 3.8) is 0 Å². The minimum Gasteiger partial charge on any atom is -0.307 e. The predicted molar refractivity (Wildman–Crippen MR) is 89.5 cm³/mol. The van der Waals surface area contributed by atoms with Crippen LogP contribution in [-0.4, -0.2) is 14.4 Å². The topological polar surface area (TPSA) is 75.3 Å². The number of amides is 2. The number of hydrogen-bond acceptors (Lipinski definition) is 4. The zero-order chi connectivity index (χ0) is 16.3. The van der Waals surface area contributed by atoms with Crippen molar-refractivity contribution in [1.29, 1.82) is 0 Å². The zero-order valence-electron chi connectivity index (χ0n) is 12.4. The normalized spacial score (nSPS) is 10.7. The van der Waals surface area contributed by atoms with Gasteiger partial charge in [-0.1, -0.05) is 30.1 Å². The second-order valence-electron chi connectivity index (χ2n) is 4.26. The van der Waals surface area contributed by atoms with Gasteiger partial charge in [0.1, 0.15) is 4.21 Å². The van der Waals surface area contributed by atoms with E-state index in [9.17, 15) is 13.2 Å². The van der Waals surface area contributed by atoms with Crippen molar-refractivity contribution in [2.45, 2.75) is 17.6 Å². The fourth-order valence-electron chi connectivity index (χ4n) is 1.60. The van der Waals surface area contributed by atoms with Crippen LogP contribution < -0.4 is 39.6 Å². The van der Waals surface area contributed by atoms with E-state index in [1.807, 2.05) is 11.6 Å². The number of aryl methyl sites for hydroxylation is 1. The number of halogens is 2. The number of benzene rings is 1.